The van der Waals surface area contributed by atoms with Crippen molar-refractivity contribution in [2.24, 2.45) is 0 Å². The van der Waals surface area contributed by atoms with Gasteiger partial charge in [0.15, 0.2) is 0 Å². The molecule has 0 heterocycles. The number of nitrogens with zero attached hydrogens (tertiary/aromatic N) is 1. The van der Waals surface area contributed by atoms with Crippen LogP contribution in [0.25, 0.3) is 55.3 Å². The zero-order valence-corrected chi connectivity index (χ0v) is 22.5. The molecule has 0 bridgehead atoms. The molecular formula is C40H27N. The maximum Gasteiger partial charge on any atom is 0.0468 e. The van der Waals surface area contributed by atoms with Gasteiger partial charge in [-0.1, -0.05) is 115 Å². The first-order chi connectivity index (χ1) is 20.3. The Balaban J connectivity index is 1.26. The summed E-state index contributed by atoms with van der Waals surface area (Å²) in [5, 5.41) is 2.51. The van der Waals surface area contributed by atoms with Gasteiger partial charge >= 0.3 is 0 Å². The standard InChI is InChI=1S/C40H27N/c1-3-10-28(11-4-1)30-18-21-34(22-19-30)41(35-15-9-14-31(24-35)29-12-5-2-6-13-29)36-23-20-32-26-39-37-16-7-8-17-38(37)40(39)27-33(32)25-36/h1-27H. The predicted molar refractivity (Wildman–Crippen MR) is 174 cm³/mol. The van der Waals surface area contributed by atoms with Crippen molar-refractivity contribution in [3.8, 4) is 44.5 Å². The zero-order valence-electron chi connectivity index (χ0n) is 22.5. The van der Waals surface area contributed by atoms with Gasteiger partial charge in [-0.2, -0.15) is 0 Å². The highest BCUT2D eigenvalue weighted by Crippen LogP contribution is 2.49. The molecule has 7 aromatic carbocycles. The highest BCUT2D eigenvalue weighted by Gasteiger charge is 2.22. The van der Waals surface area contributed by atoms with Crippen LogP contribution in [0.3, 0.4) is 0 Å². The van der Waals surface area contributed by atoms with Crippen LogP contribution in [-0.2, 0) is 0 Å². The molecule has 41 heavy (non-hydrogen) atoms. The van der Waals surface area contributed by atoms with Gasteiger partial charge in [0.2, 0.25) is 0 Å². The molecule has 1 heteroatoms. The summed E-state index contributed by atoms with van der Waals surface area (Å²) in [6.45, 7) is 0. The summed E-state index contributed by atoms with van der Waals surface area (Å²) >= 11 is 0. The van der Waals surface area contributed by atoms with Gasteiger partial charge in [0.1, 0.15) is 0 Å². The minimum Gasteiger partial charge on any atom is -0.310 e. The van der Waals surface area contributed by atoms with E-state index in [2.05, 4.69) is 169 Å². The number of rotatable bonds is 5. The van der Waals surface area contributed by atoms with Crippen molar-refractivity contribution in [2.75, 3.05) is 4.90 Å². The quantitative estimate of drug-likeness (QED) is 0.218. The third kappa shape index (κ3) is 4.11. The molecular weight excluding hydrogens is 494 g/mol. The average Bonchev–Trinajstić information content (AvgIpc) is 3.05. The van der Waals surface area contributed by atoms with E-state index < -0.39 is 0 Å². The van der Waals surface area contributed by atoms with Gasteiger partial charge < -0.3 is 4.90 Å². The maximum absolute atomic E-state index is 2.37. The molecule has 0 amide bonds. The van der Waals surface area contributed by atoms with Crippen LogP contribution in [0.5, 0.6) is 0 Å². The van der Waals surface area contributed by atoms with Crippen LogP contribution >= 0.6 is 0 Å². The lowest BCUT2D eigenvalue weighted by atomic mass is 9.79. The largest absolute Gasteiger partial charge is 0.310 e. The Kier molecular flexibility index (Phi) is 5.53. The predicted octanol–water partition coefficient (Wildman–Crippen LogP) is 11.3. The molecule has 1 nitrogen and oxygen atoms in total. The van der Waals surface area contributed by atoms with E-state index in [1.807, 2.05) is 0 Å². The van der Waals surface area contributed by atoms with Crippen LogP contribution in [0.1, 0.15) is 0 Å². The van der Waals surface area contributed by atoms with Gasteiger partial charge in [-0.25, -0.2) is 0 Å². The monoisotopic (exact) mass is 521 g/mol. The molecule has 0 fully saturated rings. The van der Waals surface area contributed by atoms with E-state index in [0.29, 0.717) is 0 Å². The molecule has 0 atom stereocenters. The van der Waals surface area contributed by atoms with Crippen LogP contribution in [-0.4, -0.2) is 0 Å². The van der Waals surface area contributed by atoms with E-state index in [1.54, 1.807) is 0 Å². The van der Waals surface area contributed by atoms with Crippen molar-refractivity contribution < 1.29 is 0 Å². The Labute approximate surface area is 240 Å². The first-order valence-corrected chi connectivity index (χ1v) is 14.1. The number of benzene rings is 7. The summed E-state index contributed by atoms with van der Waals surface area (Å²) in [6.07, 6.45) is 0. The molecule has 0 N–H and O–H groups in total. The average molecular weight is 522 g/mol. The lowest BCUT2D eigenvalue weighted by Gasteiger charge is -2.28. The van der Waals surface area contributed by atoms with E-state index in [-0.39, 0.29) is 0 Å². The lowest BCUT2D eigenvalue weighted by Crippen LogP contribution is -2.10. The zero-order chi connectivity index (χ0) is 27.2. The van der Waals surface area contributed by atoms with Gasteiger partial charge in [0.25, 0.3) is 0 Å². The molecule has 1 aliphatic carbocycles. The molecule has 0 unspecified atom stereocenters. The minimum absolute atomic E-state index is 1.13. The Hall–Kier alpha value is -5.40. The van der Waals surface area contributed by atoms with Crippen molar-refractivity contribution in [1.29, 1.82) is 0 Å². The number of anilines is 3. The first kappa shape index (κ1) is 23.5. The molecule has 8 rings (SSSR count). The van der Waals surface area contributed by atoms with Crippen molar-refractivity contribution in [1.82, 2.24) is 0 Å². The van der Waals surface area contributed by atoms with Crippen molar-refractivity contribution >= 4 is 27.8 Å². The van der Waals surface area contributed by atoms with Crippen LogP contribution in [0.15, 0.2) is 164 Å². The minimum atomic E-state index is 1.13. The smallest absolute Gasteiger partial charge is 0.0468 e. The fourth-order valence-corrected chi connectivity index (χ4v) is 6.10. The first-order valence-electron chi connectivity index (χ1n) is 14.1. The molecule has 0 aromatic heterocycles. The lowest BCUT2D eigenvalue weighted by molar-refractivity contribution is 1.29. The van der Waals surface area contributed by atoms with Gasteiger partial charge in [-0.15, -0.1) is 0 Å². The molecule has 0 aliphatic heterocycles. The van der Waals surface area contributed by atoms with Crippen molar-refractivity contribution in [2.45, 2.75) is 0 Å². The van der Waals surface area contributed by atoms with Crippen molar-refractivity contribution in [3.05, 3.63) is 164 Å². The van der Waals surface area contributed by atoms with Gasteiger partial charge in [0.05, 0.1) is 0 Å². The molecule has 192 valence electrons. The third-order valence-electron chi connectivity index (χ3n) is 8.17. The fourth-order valence-electron chi connectivity index (χ4n) is 6.10. The van der Waals surface area contributed by atoms with Crippen molar-refractivity contribution in [3.63, 3.8) is 0 Å². The summed E-state index contributed by atoms with van der Waals surface area (Å²) in [5.41, 5.74) is 13.6. The van der Waals surface area contributed by atoms with Gasteiger partial charge in [0, 0.05) is 17.1 Å². The second-order valence-electron chi connectivity index (χ2n) is 10.6. The Morgan fingerprint density at radius 2 is 0.780 bits per heavy atom. The number of hydrogen-bond acceptors (Lipinski definition) is 1. The van der Waals surface area contributed by atoms with Crippen LogP contribution < -0.4 is 4.90 Å². The fraction of sp³-hybridized carbons (Fsp3) is 0. The summed E-state index contributed by atoms with van der Waals surface area (Å²) in [7, 11) is 0. The van der Waals surface area contributed by atoms with Gasteiger partial charge in [-0.3, -0.25) is 0 Å². The summed E-state index contributed by atoms with van der Waals surface area (Å²) in [5.74, 6) is 0. The normalized spacial score (nSPS) is 11.4. The molecule has 0 radical (unpaired) electrons. The Bertz CT molecular complexity index is 2020. The van der Waals surface area contributed by atoms with E-state index in [0.717, 1.165) is 17.1 Å². The molecule has 1 aliphatic rings. The number of hydrogen-bond donors (Lipinski definition) is 0. The topological polar surface area (TPSA) is 3.24 Å². The van der Waals surface area contributed by atoms with Crippen LogP contribution in [0.2, 0.25) is 0 Å². The Morgan fingerprint density at radius 3 is 1.46 bits per heavy atom. The van der Waals surface area contributed by atoms with Crippen LogP contribution in [0, 0.1) is 0 Å². The summed E-state index contributed by atoms with van der Waals surface area (Å²) in [4.78, 5) is 2.37. The highest BCUT2D eigenvalue weighted by atomic mass is 15.1. The SMILES string of the molecule is c1ccc(-c2ccc(N(c3cccc(-c4ccccc4)c3)c3ccc4cc5c(cc4c3)-c3ccccc3-5)cc2)cc1. The number of fused-ring (bicyclic) bond motifs is 5. The molecule has 0 saturated carbocycles. The second kappa shape index (κ2) is 9.66. The third-order valence-corrected chi connectivity index (χ3v) is 8.17. The molecule has 0 saturated heterocycles. The van der Waals surface area contributed by atoms with E-state index in [4.69, 9.17) is 0 Å². The van der Waals surface area contributed by atoms with Gasteiger partial charge in [-0.05, 0) is 104 Å². The molecule has 7 aromatic rings. The molecule has 0 spiro atoms. The van der Waals surface area contributed by atoms with E-state index in [1.165, 1.54) is 55.3 Å². The Morgan fingerprint density at radius 1 is 0.268 bits per heavy atom. The summed E-state index contributed by atoms with van der Waals surface area (Å²) in [6, 6.07) is 59.1. The summed E-state index contributed by atoms with van der Waals surface area (Å²) < 4.78 is 0. The van der Waals surface area contributed by atoms with Crippen LogP contribution in [0.4, 0.5) is 17.1 Å². The van der Waals surface area contributed by atoms with E-state index >= 15 is 0 Å². The highest BCUT2D eigenvalue weighted by molar-refractivity contribution is 6.08. The maximum atomic E-state index is 2.37. The second-order valence-corrected chi connectivity index (χ2v) is 10.6. The van der Waals surface area contributed by atoms with E-state index in [9.17, 15) is 0 Å².